The molecule has 0 radical (unpaired) electrons. The molecule has 4 aromatic carbocycles. The summed E-state index contributed by atoms with van der Waals surface area (Å²) in [6.07, 6.45) is 1.85. The zero-order chi connectivity index (χ0) is 21.9. The quantitative estimate of drug-likeness (QED) is 0.276. The van der Waals surface area contributed by atoms with E-state index in [4.69, 9.17) is 0 Å². The number of fused-ring (bicyclic) bond motifs is 10. The van der Waals surface area contributed by atoms with Gasteiger partial charge in [0.15, 0.2) is 0 Å². The number of rotatable bonds is 1. The first-order chi connectivity index (χ1) is 16.3. The van der Waals surface area contributed by atoms with Crippen LogP contribution in [0.2, 0.25) is 0 Å². The number of nitrogens with one attached hydrogen (secondary N) is 1. The molecule has 3 heteroatoms. The third-order valence-corrected chi connectivity index (χ3v) is 7.89. The molecule has 0 atom stereocenters. The van der Waals surface area contributed by atoms with Crippen molar-refractivity contribution in [3.8, 4) is 33.5 Å². The topological polar surface area (TPSA) is 24.9 Å². The zero-order valence-electron chi connectivity index (χ0n) is 18.1. The standard InChI is InChI=1S/C30H20N2S/c1-18-20-8-6-9-21(18)29-27(15-13-23-22-7-2-3-11-28(22)33-30(23)29)32-26-14-12-19(17-24(20)26)25-10-4-5-16-31-25/h2-17,32H,1H3. The first kappa shape index (κ1) is 18.6. The summed E-state index contributed by atoms with van der Waals surface area (Å²) in [4.78, 5) is 4.57. The first-order valence-corrected chi connectivity index (χ1v) is 12.0. The van der Waals surface area contributed by atoms with Gasteiger partial charge in [0, 0.05) is 54.4 Å². The van der Waals surface area contributed by atoms with E-state index in [1.807, 2.05) is 29.7 Å². The number of hydrogen-bond donors (Lipinski definition) is 1. The normalized spacial score (nSPS) is 12.0. The first-order valence-electron chi connectivity index (χ1n) is 11.1. The van der Waals surface area contributed by atoms with Gasteiger partial charge in [-0.2, -0.15) is 0 Å². The summed E-state index contributed by atoms with van der Waals surface area (Å²) in [5.41, 5.74) is 10.8. The predicted molar refractivity (Wildman–Crippen MR) is 141 cm³/mol. The molecule has 0 spiro atoms. The second-order valence-corrected chi connectivity index (χ2v) is 9.59. The molecule has 1 aliphatic rings. The van der Waals surface area contributed by atoms with Crippen molar-refractivity contribution in [2.75, 3.05) is 5.32 Å². The van der Waals surface area contributed by atoms with E-state index in [9.17, 15) is 0 Å². The monoisotopic (exact) mass is 440 g/mol. The van der Waals surface area contributed by atoms with Crippen LogP contribution in [0.1, 0.15) is 5.56 Å². The van der Waals surface area contributed by atoms with Crippen LogP contribution in [0.4, 0.5) is 11.4 Å². The molecule has 0 amide bonds. The average molecular weight is 441 g/mol. The summed E-state index contributed by atoms with van der Waals surface area (Å²) in [5, 5.41) is 6.44. The Morgan fingerprint density at radius 2 is 1.55 bits per heavy atom. The third kappa shape index (κ3) is 2.76. The summed E-state index contributed by atoms with van der Waals surface area (Å²) in [6, 6.07) is 32.6. The Hall–Kier alpha value is -3.95. The Kier molecular flexibility index (Phi) is 3.96. The third-order valence-electron chi connectivity index (χ3n) is 6.69. The van der Waals surface area contributed by atoms with Gasteiger partial charge in [0.2, 0.25) is 0 Å². The van der Waals surface area contributed by atoms with Crippen molar-refractivity contribution in [2.24, 2.45) is 0 Å². The minimum Gasteiger partial charge on any atom is -0.354 e. The molecule has 0 unspecified atom stereocenters. The molecule has 156 valence electrons. The van der Waals surface area contributed by atoms with Crippen molar-refractivity contribution < 1.29 is 0 Å². The zero-order valence-corrected chi connectivity index (χ0v) is 18.9. The minimum absolute atomic E-state index is 0.989. The van der Waals surface area contributed by atoms with Crippen LogP contribution >= 0.6 is 11.3 Å². The van der Waals surface area contributed by atoms with E-state index in [1.165, 1.54) is 48.0 Å². The van der Waals surface area contributed by atoms with Gasteiger partial charge in [-0.1, -0.05) is 54.6 Å². The molecular formula is C30H20N2S. The van der Waals surface area contributed by atoms with E-state index >= 15 is 0 Å². The van der Waals surface area contributed by atoms with Gasteiger partial charge >= 0.3 is 0 Å². The maximum Gasteiger partial charge on any atom is 0.0702 e. The highest BCUT2D eigenvalue weighted by Crippen LogP contribution is 2.49. The van der Waals surface area contributed by atoms with Gasteiger partial charge < -0.3 is 5.32 Å². The molecule has 2 nitrogen and oxygen atoms in total. The molecule has 6 aromatic rings. The fraction of sp³-hybridized carbons (Fsp3) is 0.0333. The lowest BCUT2D eigenvalue weighted by atomic mass is 9.88. The maximum atomic E-state index is 4.57. The fourth-order valence-corrected chi connectivity index (χ4v) is 6.34. The summed E-state index contributed by atoms with van der Waals surface area (Å²) in [7, 11) is 0. The van der Waals surface area contributed by atoms with Crippen molar-refractivity contribution in [3.63, 3.8) is 0 Å². The minimum atomic E-state index is 0.989. The molecule has 3 heterocycles. The molecule has 0 saturated heterocycles. The van der Waals surface area contributed by atoms with Crippen LogP contribution in [0.5, 0.6) is 0 Å². The van der Waals surface area contributed by atoms with Gasteiger partial charge in [-0.25, -0.2) is 0 Å². The summed E-state index contributed by atoms with van der Waals surface area (Å²) < 4.78 is 2.67. The van der Waals surface area contributed by atoms with Crippen LogP contribution in [-0.2, 0) is 0 Å². The van der Waals surface area contributed by atoms with Crippen LogP contribution in [0.25, 0.3) is 53.7 Å². The van der Waals surface area contributed by atoms with Gasteiger partial charge in [-0.3, -0.25) is 4.98 Å². The van der Waals surface area contributed by atoms with E-state index in [0.717, 1.165) is 22.6 Å². The number of benzene rings is 4. The molecule has 2 aromatic heterocycles. The van der Waals surface area contributed by atoms with Gasteiger partial charge in [-0.15, -0.1) is 11.3 Å². The lowest BCUT2D eigenvalue weighted by molar-refractivity contribution is 1.32. The van der Waals surface area contributed by atoms with Crippen LogP contribution in [-0.4, -0.2) is 4.98 Å². The highest BCUT2D eigenvalue weighted by Gasteiger charge is 2.22. The molecule has 0 saturated carbocycles. The number of thiophene rings is 1. The molecule has 0 aliphatic carbocycles. The Morgan fingerprint density at radius 1 is 0.697 bits per heavy atom. The van der Waals surface area contributed by atoms with E-state index in [1.54, 1.807) is 0 Å². The van der Waals surface area contributed by atoms with Crippen LogP contribution in [0.3, 0.4) is 0 Å². The number of nitrogens with zero attached hydrogens (tertiary/aromatic N) is 1. The van der Waals surface area contributed by atoms with Crippen molar-refractivity contribution in [1.29, 1.82) is 0 Å². The molecule has 0 fully saturated rings. The smallest absolute Gasteiger partial charge is 0.0702 e. The Labute approximate surface area is 196 Å². The fourth-order valence-electron chi connectivity index (χ4n) is 5.07. The average Bonchev–Trinajstić information content (AvgIpc) is 3.24. The van der Waals surface area contributed by atoms with E-state index in [2.05, 4.69) is 96.1 Å². The Balaban J connectivity index is 1.53. The van der Waals surface area contributed by atoms with Crippen molar-refractivity contribution >= 4 is 42.9 Å². The summed E-state index contributed by atoms with van der Waals surface area (Å²) in [6.45, 7) is 2.25. The van der Waals surface area contributed by atoms with E-state index in [-0.39, 0.29) is 0 Å². The largest absolute Gasteiger partial charge is 0.354 e. The number of aromatic nitrogens is 1. The summed E-state index contributed by atoms with van der Waals surface area (Å²) >= 11 is 1.88. The van der Waals surface area contributed by atoms with Crippen LogP contribution in [0.15, 0.2) is 97.2 Å². The Bertz CT molecular complexity index is 1700. The number of pyridine rings is 1. The van der Waals surface area contributed by atoms with E-state index < -0.39 is 0 Å². The lowest BCUT2D eigenvalue weighted by Crippen LogP contribution is -2.02. The molecule has 1 aliphatic heterocycles. The van der Waals surface area contributed by atoms with E-state index in [0.29, 0.717) is 0 Å². The second-order valence-electron chi connectivity index (χ2n) is 8.54. The summed E-state index contributed by atoms with van der Waals surface area (Å²) in [5.74, 6) is 0. The molecule has 7 rings (SSSR count). The van der Waals surface area contributed by atoms with Gasteiger partial charge in [-0.05, 0) is 60.0 Å². The van der Waals surface area contributed by atoms with Crippen LogP contribution < -0.4 is 5.32 Å². The highest BCUT2D eigenvalue weighted by molar-refractivity contribution is 7.26. The van der Waals surface area contributed by atoms with Gasteiger partial charge in [0.1, 0.15) is 0 Å². The van der Waals surface area contributed by atoms with Gasteiger partial charge in [0.05, 0.1) is 5.69 Å². The Morgan fingerprint density at radius 3 is 2.45 bits per heavy atom. The highest BCUT2D eigenvalue weighted by atomic mass is 32.1. The van der Waals surface area contributed by atoms with Crippen molar-refractivity contribution in [1.82, 2.24) is 4.98 Å². The molecule has 1 N–H and O–H groups in total. The second kappa shape index (κ2) is 7.03. The van der Waals surface area contributed by atoms with Crippen LogP contribution in [0, 0.1) is 6.92 Å². The van der Waals surface area contributed by atoms with Crippen molar-refractivity contribution in [2.45, 2.75) is 6.92 Å². The number of anilines is 2. The molecular weight excluding hydrogens is 420 g/mol. The maximum absolute atomic E-state index is 4.57. The molecule has 33 heavy (non-hydrogen) atoms. The van der Waals surface area contributed by atoms with Gasteiger partial charge in [0.25, 0.3) is 0 Å². The predicted octanol–water partition coefficient (Wildman–Crippen LogP) is 8.82. The molecule has 2 bridgehead atoms. The van der Waals surface area contributed by atoms with Crippen molar-refractivity contribution in [3.05, 3.63) is 103 Å². The lowest BCUT2D eigenvalue weighted by Gasteiger charge is -2.23. The SMILES string of the molecule is Cc1c2cccc1-c1c(ccc3c1sc1ccccc13)Nc1ccc(-c3ccccn3)cc1-2. The number of hydrogen-bond acceptors (Lipinski definition) is 3.